The van der Waals surface area contributed by atoms with Gasteiger partial charge in [0, 0.05) is 37.0 Å². The lowest BCUT2D eigenvalue weighted by atomic mass is 10.2. The van der Waals surface area contributed by atoms with Crippen LogP contribution in [0.15, 0.2) is 97.2 Å². The highest BCUT2D eigenvalue weighted by molar-refractivity contribution is 6.04. The minimum Gasteiger partial charge on any atom is -0.504 e. The molecular weight excluding hydrogens is 564 g/mol. The van der Waals surface area contributed by atoms with Crippen LogP contribution in [-0.4, -0.2) is 52.1 Å². The van der Waals surface area contributed by atoms with Crippen molar-refractivity contribution < 1.29 is 30.0 Å². The smallest absolute Gasteiger partial charge is 0.256 e. The second-order valence-corrected chi connectivity index (χ2v) is 9.81. The largest absolute Gasteiger partial charge is 0.504 e. The van der Waals surface area contributed by atoms with Crippen molar-refractivity contribution in [1.29, 1.82) is 0 Å². The van der Waals surface area contributed by atoms with E-state index in [2.05, 4.69) is 30.5 Å². The fourth-order valence-corrected chi connectivity index (χ4v) is 4.33. The normalized spacial score (nSPS) is 10.8. The van der Waals surface area contributed by atoms with Gasteiger partial charge in [0.25, 0.3) is 11.8 Å². The topological polar surface area (TPSA) is 181 Å². The van der Waals surface area contributed by atoms with Gasteiger partial charge in [-0.2, -0.15) is 0 Å². The highest BCUT2D eigenvalue weighted by atomic mass is 16.3. The Labute approximate surface area is 252 Å². The van der Waals surface area contributed by atoms with Crippen LogP contribution in [0.3, 0.4) is 0 Å². The van der Waals surface area contributed by atoms with Gasteiger partial charge in [-0.05, 0) is 72.8 Å². The van der Waals surface area contributed by atoms with Crippen LogP contribution in [0.4, 0.5) is 11.6 Å². The van der Waals surface area contributed by atoms with Crippen LogP contribution in [-0.2, 0) is 19.6 Å². The van der Waals surface area contributed by atoms with E-state index < -0.39 is 23.3 Å². The highest BCUT2D eigenvalue weighted by Gasteiger charge is 2.15. The quantitative estimate of drug-likeness (QED) is 0.127. The number of benzene rings is 2. The molecule has 0 aliphatic carbocycles. The van der Waals surface area contributed by atoms with Gasteiger partial charge >= 0.3 is 0 Å². The Kier molecular flexibility index (Phi) is 8.92. The van der Waals surface area contributed by atoms with Gasteiger partial charge in [0.1, 0.15) is 11.6 Å². The molecule has 44 heavy (non-hydrogen) atoms. The second-order valence-electron chi connectivity index (χ2n) is 9.81. The number of nitrogens with one attached hydrogen (secondary N) is 2. The average molecular weight is 593 g/mol. The van der Waals surface area contributed by atoms with Crippen LogP contribution in [0.25, 0.3) is 0 Å². The first-order chi connectivity index (χ1) is 21.2. The Morgan fingerprint density at radius 2 is 1.05 bits per heavy atom. The van der Waals surface area contributed by atoms with E-state index in [4.69, 9.17) is 0 Å². The van der Waals surface area contributed by atoms with Gasteiger partial charge < -0.3 is 31.1 Å². The Balaban J connectivity index is 1.31. The summed E-state index contributed by atoms with van der Waals surface area (Å²) in [5.74, 6) is -1.84. The van der Waals surface area contributed by atoms with Gasteiger partial charge in [0.15, 0.2) is 23.0 Å². The number of hydrogen-bond acceptors (Lipinski definition) is 10. The van der Waals surface area contributed by atoms with Gasteiger partial charge in [-0.3, -0.25) is 19.5 Å². The Morgan fingerprint density at radius 3 is 1.50 bits per heavy atom. The molecule has 5 aromatic rings. The number of phenols is 4. The number of carbonyl (C=O) groups is 2. The van der Waals surface area contributed by atoms with Gasteiger partial charge in [0.05, 0.1) is 17.1 Å². The molecule has 0 unspecified atom stereocenters. The summed E-state index contributed by atoms with van der Waals surface area (Å²) >= 11 is 0. The third-order valence-corrected chi connectivity index (χ3v) is 6.45. The lowest BCUT2D eigenvalue weighted by molar-refractivity contribution is 0.101. The van der Waals surface area contributed by atoms with Crippen molar-refractivity contribution in [3.05, 3.63) is 125 Å². The van der Waals surface area contributed by atoms with Gasteiger partial charge in [-0.15, -0.1) is 0 Å². The fourth-order valence-electron chi connectivity index (χ4n) is 4.33. The molecule has 0 saturated carbocycles. The molecule has 0 atom stereocenters. The molecule has 3 aromatic heterocycles. The maximum Gasteiger partial charge on any atom is 0.256 e. The lowest BCUT2D eigenvalue weighted by Crippen LogP contribution is -2.24. The summed E-state index contributed by atoms with van der Waals surface area (Å²) in [4.78, 5) is 41.1. The summed E-state index contributed by atoms with van der Waals surface area (Å²) in [6, 6.07) is 23.7. The molecule has 0 radical (unpaired) electrons. The number of amides is 2. The molecular formula is C32H28N6O6. The molecule has 5 rings (SSSR count). The number of aromatic hydroxyl groups is 4. The molecule has 222 valence electrons. The van der Waals surface area contributed by atoms with Crippen molar-refractivity contribution in [3.63, 3.8) is 0 Å². The monoisotopic (exact) mass is 592 g/mol. The van der Waals surface area contributed by atoms with Crippen molar-refractivity contribution in [2.45, 2.75) is 19.6 Å². The average Bonchev–Trinajstić information content (AvgIpc) is 3.00. The Bertz CT molecular complexity index is 1690. The van der Waals surface area contributed by atoms with Crippen LogP contribution in [0, 0.1) is 0 Å². The van der Waals surface area contributed by atoms with Crippen LogP contribution in [0.2, 0.25) is 0 Å². The summed E-state index contributed by atoms with van der Waals surface area (Å²) in [5.41, 5.74) is 2.45. The summed E-state index contributed by atoms with van der Waals surface area (Å²) in [5, 5.41) is 43.9. The number of pyridine rings is 3. The van der Waals surface area contributed by atoms with Crippen molar-refractivity contribution >= 4 is 23.5 Å². The number of carbonyl (C=O) groups excluding carboxylic acids is 2. The molecule has 6 N–H and O–H groups in total. The predicted octanol–water partition coefficient (Wildman–Crippen LogP) is 4.40. The minimum atomic E-state index is -0.499. The van der Waals surface area contributed by atoms with Gasteiger partial charge in [-0.25, -0.2) is 9.97 Å². The standard InChI is InChI=1S/C32H28N6O6/c39-25-12-10-20(15-27(25)41)31(43)36-29-8-3-6-23(34-29)18-38(17-22-5-1-2-14-33-22)19-24-7-4-9-30(35-24)37-32(44)21-11-13-26(40)28(42)16-21/h1-16,39-42H,17-19H2,(H,34,36,43)(H,35,37,44). The summed E-state index contributed by atoms with van der Waals surface area (Å²) in [7, 11) is 0. The molecule has 2 amide bonds. The van der Waals surface area contributed by atoms with E-state index in [1.54, 1.807) is 30.5 Å². The first-order valence-electron chi connectivity index (χ1n) is 13.4. The van der Waals surface area contributed by atoms with E-state index in [9.17, 15) is 30.0 Å². The fraction of sp³-hybridized carbons (Fsp3) is 0.0938. The number of aromatic nitrogens is 3. The molecule has 12 heteroatoms. The minimum absolute atomic E-state index is 0.157. The first-order valence-corrected chi connectivity index (χ1v) is 13.4. The summed E-state index contributed by atoms with van der Waals surface area (Å²) < 4.78 is 0. The van der Waals surface area contributed by atoms with Gasteiger partial charge in [0.2, 0.25) is 0 Å². The van der Waals surface area contributed by atoms with Crippen LogP contribution in [0.5, 0.6) is 23.0 Å². The summed E-state index contributed by atoms with van der Waals surface area (Å²) in [6.07, 6.45) is 1.71. The molecule has 3 heterocycles. The predicted molar refractivity (Wildman–Crippen MR) is 161 cm³/mol. The molecule has 0 fully saturated rings. The molecule has 0 bridgehead atoms. The van der Waals surface area contributed by atoms with Crippen molar-refractivity contribution in [2.75, 3.05) is 10.6 Å². The van der Waals surface area contributed by atoms with Crippen molar-refractivity contribution in [1.82, 2.24) is 19.9 Å². The zero-order chi connectivity index (χ0) is 31.1. The van der Waals surface area contributed by atoms with E-state index in [0.717, 1.165) is 5.69 Å². The van der Waals surface area contributed by atoms with E-state index in [-0.39, 0.29) is 22.6 Å². The highest BCUT2D eigenvalue weighted by Crippen LogP contribution is 2.26. The second kappa shape index (κ2) is 13.3. The number of anilines is 2. The van der Waals surface area contributed by atoms with Crippen LogP contribution < -0.4 is 10.6 Å². The third kappa shape index (κ3) is 7.63. The number of hydrogen-bond donors (Lipinski definition) is 6. The first kappa shape index (κ1) is 29.5. The maximum absolute atomic E-state index is 12.7. The molecule has 0 aliphatic rings. The van der Waals surface area contributed by atoms with Crippen molar-refractivity contribution in [3.8, 4) is 23.0 Å². The van der Waals surface area contributed by atoms with Crippen LogP contribution >= 0.6 is 0 Å². The maximum atomic E-state index is 12.7. The number of nitrogens with zero attached hydrogens (tertiary/aromatic N) is 4. The molecule has 0 aliphatic heterocycles. The molecule has 0 saturated heterocycles. The van der Waals surface area contributed by atoms with E-state index >= 15 is 0 Å². The molecule has 2 aromatic carbocycles. The molecule has 12 nitrogen and oxygen atoms in total. The Morgan fingerprint density at radius 1 is 0.568 bits per heavy atom. The lowest BCUT2D eigenvalue weighted by Gasteiger charge is -2.22. The molecule has 0 spiro atoms. The zero-order valence-corrected chi connectivity index (χ0v) is 23.3. The summed E-state index contributed by atoms with van der Waals surface area (Å²) in [6.45, 7) is 1.19. The van der Waals surface area contributed by atoms with E-state index in [0.29, 0.717) is 42.7 Å². The van der Waals surface area contributed by atoms with E-state index in [1.807, 2.05) is 30.3 Å². The van der Waals surface area contributed by atoms with Crippen molar-refractivity contribution in [2.24, 2.45) is 0 Å². The van der Waals surface area contributed by atoms with Crippen LogP contribution in [0.1, 0.15) is 37.8 Å². The number of phenolic OH excluding ortho intramolecular Hbond substituents is 4. The third-order valence-electron chi connectivity index (χ3n) is 6.45. The van der Waals surface area contributed by atoms with E-state index in [1.165, 1.54) is 36.4 Å². The Hall–Kier alpha value is -6.01. The zero-order valence-electron chi connectivity index (χ0n) is 23.3. The SMILES string of the molecule is O=C(Nc1cccc(CN(Cc2ccccn2)Cc2cccc(NC(=O)c3ccc(O)c(O)c3)n2)n1)c1ccc(O)c(O)c1. The number of rotatable bonds is 10. The van der Waals surface area contributed by atoms with Gasteiger partial charge in [-0.1, -0.05) is 18.2 Å².